The fourth-order valence-corrected chi connectivity index (χ4v) is 7.22. The Morgan fingerprint density at radius 3 is 2.55 bits per heavy atom. The van der Waals surface area contributed by atoms with Crippen molar-refractivity contribution in [1.82, 2.24) is 4.90 Å². The summed E-state index contributed by atoms with van der Waals surface area (Å²) in [7, 11) is 0. The number of aryl methyl sites for hydroxylation is 2. The molecule has 2 bridgehead atoms. The molecule has 8 nitrogen and oxygen atoms in total. The van der Waals surface area contributed by atoms with Gasteiger partial charge in [0.2, 0.25) is 5.91 Å². The van der Waals surface area contributed by atoms with Gasteiger partial charge in [0.15, 0.2) is 0 Å². The van der Waals surface area contributed by atoms with Crippen molar-refractivity contribution in [1.29, 1.82) is 0 Å². The number of ether oxygens (including phenoxy) is 2. The highest BCUT2D eigenvalue weighted by molar-refractivity contribution is 6.05. The highest BCUT2D eigenvalue weighted by atomic mass is 16.6. The van der Waals surface area contributed by atoms with E-state index in [0.717, 1.165) is 23.2 Å². The van der Waals surface area contributed by atoms with Crippen LogP contribution in [0.1, 0.15) is 57.6 Å². The van der Waals surface area contributed by atoms with Crippen molar-refractivity contribution in [2.45, 2.75) is 77.5 Å². The normalized spacial score (nSPS) is 31.4. The number of para-hydroxylation sites is 1. The Morgan fingerprint density at radius 2 is 1.95 bits per heavy atom. The van der Waals surface area contributed by atoms with Crippen LogP contribution in [-0.2, 0) is 23.9 Å². The first kappa shape index (κ1) is 28.3. The summed E-state index contributed by atoms with van der Waals surface area (Å²) < 4.78 is 12.2. The zero-order valence-corrected chi connectivity index (χ0v) is 23.4. The molecular formula is C30H42N2O6. The number of carbonyl (C=O) groups is 3. The first-order valence-electron chi connectivity index (χ1n) is 13.9. The third-order valence-electron chi connectivity index (χ3n) is 8.93. The Bertz CT molecular complexity index is 1080. The number of nitrogens with zero attached hydrogens (tertiary/aromatic N) is 2. The van der Waals surface area contributed by atoms with Gasteiger partial charge in [-0.3, -0.25) is 14.4 Å². The summed E-state index contributed by atoms with van der Waals surface area (Å²) in [5.74, 6) is -2.48. The number of benzene rings is 1. The summed E-state index contributed by atoms with van der Waals surface area (Å²) in [5.41, 5.74) is 0.699. The van der Waals surface area contributed by atoms with E-state index in [4.69, 9.17) is 9.47 Å². The molecule has 1 aromatic rings. The van der Waals surface area contributed by atoms with Crippen LogP contribution in [0.15, 0.2) is 30.9 Å². The minimum atomic E-state index is -1.12. The van der Waals surface area contributed by atoms with Crippen LogP contribution >= 0.6 is 0 Å². The Balaban J connectivity index is 1.82. The van der Waals surface area contributed by atoms with Crippen molar-refractivity contribution >= 4 is 23.5 Å². The second-order valence-corrected chi connectivity index (χ2v) is 11.2. The van der Waals surface area contributed by atoms with Crippen LogP contribution in [0.4, 0.5) is 5.69 Å². The number of hydrogen-bond donors (Lipinski definition) is 1. The van der Waals surface area contributed by atoms with Gasteiger partial charge in [0.1, 0.15) is 17.6 Å². The topological polar surface area (TPSA) is 96.4 Å². The number of rotatable bonds is 11. The molecule has 1 aromatic carbocycles. The molecule has 6 atom stereocenters. The lowest BCUT2D eigenvalue weighted by Crippen LogP contribution is -2.57. The predicted molar refractivity (Wildman–Crippen MR) is 145 cm³/mol. The standard InChI is InChI=1S/C30H42N2O6/c1-7-15-31(24-19(3)13-12-14-20(24)4)27(35)25-30-18-21(5)29(6,38-30)23(28(36)37-8-2)22(30)26(34)32(25)16-10-9-11-17-33/h7,12-14,21-23,25,33H,1,8-11,15-18H2,2-6H3/t21?,22-,23-,25?,29+,30?/m0/s1. The molecule has 8 heteroatoms. The van der Waals surface area contributed by atoms with E-state index < -0.39 is 35.0 Å². The average Bonchev–Trinajstić information content (AvgIpc) is 3.37. The van der Waals surface area contributed by atoms with Crippen LogP contribution in [0.3, 0.4) is 0 Å². The molecule has 0 aliphatic carbocycles. The first-order chi connectivity index (χ1) is 18.1. The van der Waals surface area contributed by atoms with E-state index in [1.165, 1.54) is 0 Å². The zero-order chi connectivity index (χ0) is 27.8. The molecule has 3 fully saturated rings. The largest absolute Gasteiger partial charge is 0.466 e. The van der Waals surface area contributed by atoms with Gasteiger partial charge in [0.05, 0.1) is 18.1 Å². The second-order valence-electron chi connectivity index (χ2n) is 11.2. The fraction of sp³-hybridized carbons (Fsp3) is 0.633. The van der Waals surface area contributed by atoms with Crippen LogP contribution in [-0.4, -0.2) is 71.3 Å². The number of aliphatic hydroxyl groups is 1. The second kappa shape index (κ2) is 10.8. The minimum absolute atomic E-state index is 0.0429. The van der Waals surface area contributed by atoms with E-state index in [2.05, 4.69) is 6.58 Å². The summed E-state index contributed by atoms with van der Waals surface area (Å²) in [6, 6.07) is 5.02. The Labute approximate surface area is 226 Å². The molecule has 1 N–H and O–H groups in total. The summed E-state index contributed by atoms with van der Waals surface area (Å²) in [4.78, 5) is 45.5. The number of hydrogen-bond acceptors (Lipinski definition) is 6. The van der Waals surface area contributed by atoms with Crippen LogP contribution in [0.2, 0.25) is 0 Å². The third-order valence-corrected chi connectivity index (χ3v) is 8.93. The number of fused-ring (bicyclic) bond motifs is 1. The summed E-state index contributed by atoms with van der Waals surface area (Å²) >= 11 is 0. The van der Waals surface area contributed by atoms with Crippen LogP contribution < -0.4 is 4.90 Å². The molecule has 0 radical (unpaired) electrons. The lowest BCUT2D eigenvalue weighted by atomic mass is 9.62. The number of unbranched alkanes of at least 4 members (excludes halogenated alkanes) is 2. The SMILES string of the molecule is C=CCN(C(=O)C1N(CCCCCO)C(=O)[C@@H]2[C@@H](C(=O)OCC)[C@]3(C)OC12CC3C)c1c(C)cccc1C. The van der Waals surface area contributed by atoms with E-state index in [9.17, 15) is 19.5 Å². The number of anilines is 1. The van der Waals surface area contributed by atoms with E-state index >= 15 is 0 Å². The van der Waals surface area contributed by atoms with Crippen molar-refractivity contribution in [2.75, 3.05) is 31.2 Å². The zero-order valence-electron chi connectivity index (χ0n) is 23.4. The molecule has 0 aromatic heterocycles. The first-order valence-corrected chi connectivity index (χ1v) is 13.9. The number of carbonyl (C=O) groups excluding carboxylic acids is 3. The molecule has 3 aliphatic rings. The molecule has 3 unspecified atom stereocenters. The Hall–Kier alpha value is -2.71. The van der Waals surface area contributed by atoms with E-state index in [1.54, 1.807) is 22.8 Å². The van der Waals surface area contributed by atoms with Gasteiger partial charge in [-0.05, 0) is 70.4 Å². The number of likely N-dealkylation sites (tertiary alicyclic amines) is 1. The summed E-state index contributed by atoms with van der Waals surface area (Å²) in [6.45, 7) is 14.4. The van der Waals surface area contributed by atoms with Gasteiger partial charge >= 0.3 is 5.97 Å². The molecule has 4 rings (SSSR count). The molecule has 3 saturated heterocycles. The number of aliphatic hydroxyl groups excluding tert-OH is 1. The summed E-state index contributed by atoms with van der Waals surface area (Å²) in [5, 5.41) is 9.26. The van der Waals surface area contributed by atoms with Gasteiger partial charge in [-0.1, -0.05) is 31.2 Å². The Morgan fingerprint density at radius 1 is 1.26 bits per heavy atom. The predicted octanol–water partition coefficient (Wildman–Crippen LogP) is 3.56. The quantitative estimate of drug-likeness (QED) is 0.269. The highest BCUT2D eigenvalue weighted by Gasteiger charge is 2.80. The molecule has 1 spiro atoms. The molecule has 2 amide bonds. The highest BCUT2D eigenvalue weighted by Crippen LogP contribution is 2.65. The third kappa shape index (κ3) is 4.26. The van der Waals surface area contributed by atoms with Crippen molar-refractivity contribution in [3.8, 4) is 0 Å². The van der Waals surface area contributed by atoms with E-state index in [0.29, 0.717) is 25.8 Å². The van der Waals surface area contributed by atoms with Gasteiger partial charge in [-0.2, -0.15) is 0 Å². The maximum absolute atomic E-state index is 14.7. The van der Waals surface area contributed by atoms with Crippen molar-refractivity contribution in [3.05, 3.63) is 42.0 Å². The molecular weight excluding hydrogens is 484 g/mol. The molecule has 208 valence electrons. The van der Waals surface area contributed by atoms with Gasteiger partial charge < -0.3 is 24.4 Å². The minimum Gasteiger partial charge on any atom is -0.466 e. The van der Waals surface area contributed by atoms with Crippen LogP contribution in [0.5, 0.6) is 0 Å². The van der Waals surface area contributed by atoms with Gasteiger partial charge in [0.25, 0.3) is 5.91 Å². The van der Waals surface area contributed by atoms with Crippen molar-refractivity contribution < 1.29 is 29.0 Å². The number of amides is 2. The monoisotopic (exact) mass is 526 g/mol. The molecule has 3 aliphatic heterocycles. The van der Waals surface area contributed by atoms with E-state index in [-0.39, 0.29) is 37.5 Å². The fourth-order valence-electron chi connectivity index (χ4n) is 7.22. The number of esters is 1. The smallest absolute Gasteiger partial charge is 0.312 e. The lowest BCUT2D eigenvalue weighted by Gasteiger charge is -2.38. The molecule has 0 saturated carbocycles. The maximum Gasteiger partial charge on any atom is 0.312 e. The van der Waals surface area contributed by atoms with Crippen LogP contribution in [0.25, 0.3) is 0 Å². The van der Waals surface area contributed by atoms with Crippen LogP contribution in [0, 0.1) is 31.6 Å². The van der Waals surface area contributed by atoms with Gasteiger partial charge in [-0.15, -0.1) is 6.58 Å². The van der Waals surface area contributed by atoms with E-state index in [1.807, 2.05) is 45.9 Å². The maximum atomic E-state index is 14.7. The van der Waals surface area contributed by atoms with Crippen molar-refractivity contribution in [2.24, 2.45) is 17.8 Å². The average molecular weight is 527 g/mol. The Kier molecular flexibility index (Phi) is 8.05. The summed E-state index contributed by atoms with van der Waals surface area (Å²) in [6.07, 6.45) is 4.19. The molecule has 38 heavy (non-hydrogen) atoms. The van der Waals surface area contributed by atoms with Gasteiger partial charge in [-0.25, -0.2) is 0 Å². The molecule has 3 heterocycles. The van der Waals surface area contributed by atoms with Gasteiger partial charge in [0, 0.05) is 25.4 Å². The lowest BCUT2D eigenvalue weighted by molar-refractivity contribution is -0.161. The van der Waals surface area contributed by atoms with Crippen molar-refractivity contribution in [3.63, 3.8) is 0 Å².